The molecule has 3 nitrogen and oxygen atoms in total. The molecule has 0 amide bonds. The Morgan fingerprint density at radius 2 is 1.82 bits per heavy atom. The van der Waals surface area contributed by atoms with Crippen LogP contribution in [0, 0.1) is 11.6 Å². The van der Waals surface area contributed by atoms with Gasteiger partial charge in [-0.3, -0.25) is 0 Å². The number of halogens is 2. The van der Waals surface area contributed by atoms with Gasteiger partial charge in [-0.2, -0.15) is 0 Å². The summed E-state index contributed by atoms with van der Waals surface area (Å²) in [6, 6.07) is 2.04. The average molecular weight is 264 g/mol. The Labute approximate surface area is 99.0 Å². The van der Waals surface area contributed by atoms with Gasteiger partial charge in [-0.1, -0.05) is 19.9 Å². The van der Waals surface area contributed by atoms with E-state index < -0.39 is 31.8 Å². The van der Waals surface area contributed by atoms with Crippen molar-refractivity contribution >= 4 is 9.84 Å². The number of aliphatic hydroxyl groups is 1. The molecular formula is C11H14F2O3S. The van der Waals surface area contributed by atoms with E-state index in [2.05, 4.69) is 0 Å². The van der Waals surface area contributed by atoms with Gasteiger partial charge in [0.25, 0.3) is 0 Å². The minimum Gasteiger partial charge on any atom is -0.395 e. The second-order valence-corrected chi connectivity index (χ2v) is 6.50. The topological polar surface area (TPSA) is 54.4 Å². The predicted molar refractivity (Wildman–Crippen MR) is 59.6 cm³/mol. The fourth-order valence-electron chi connectivity index (χ4n) is 1.48. The van der Waals surface area contributed by atoms with E-state index in [1.165, 1.54) is 13.8 Å². The zero-order chi connectivity index (χ0) is 13.4. The first-order valence-electron chi connectivity index (χ1n) is 4.90. The summed E-state index contributed by atoms with van der Waals surface area (Å²) in [7, 11) is -3.99. The lowest BCUT2D eigenvalue weighted by Gasteiger charge is -2.23. The Bertz CT molecular complexity index is 536. The van der Waals surface area contributed by atoms with Gasteiger partial charge in [0.05, 0.1) is 6.61 Å². The van der Waals surface area contributed by atoms with Crippen LogP contribution in [0.1, 0.15) is 19.4 Å². The van der Waals surface area contributed by atoms with Crippen molar-refractivity contribution in [1.82, 2.24) is 0 Å². The lowest BCUT2D eigenvalue weighted by Crippen LogP contribution is -2.25. The normalized spacial score (nSPS) is 12.8. The van der Waals surface area contributed by atoms with Gasteiger partial charge in [-0.05, 0) is 11.6 Å². The zero-order valence-electron chi connectivity index (χ0n) is 9.79. The number of sulfone groups is 1. The third-order valence-corrected chi connectivity index (χ3v) is 3.66. The first kappa shape index (κ1) is 14.1. The molecule has 0 fully saturated rings. The van der Waals surface area contributed by atoms with E-state index in [4.69, 9.17) is 5.11 Å². The second-order valence-electron chi connectivity index (χ2n) is 4.55. The van der Waals surface area contributed by atoms with Gasteiger partial charge < -0.3 is 5.11 Å². The molecule has 0 aliphatic rings. The number of hydrogen-bond donors (Lipinski definition) is 1. The maximum Gasteiger partial charge on any atom is 0.181 e. The molecule has 0 radical (unpaired) electrons. The largest absolute Gasteiger partial charge is 0.395 e. The van der Waals surface area contributed by atoms with Gasteiger partial charge in [0, 0.05) is 11.7 Å². The van der Waals surface area contributed by atoms with Crippen molar-refractivity contribution in [2.24, 2.45) is 0 Å². The minimum absolute atomic E-state index is 0.0261. The van der Waals surface area contributed by atoms with Crippen molar-refractivity contribution in [3.05, 3.63) is 29.3 Å². The van der Waals surface area contributed by atoms with Crippen LogP contribution in [-0.4, -0.2) is 26.4 Å². The monoisotopic (exact) mass is 264 g/mol. The molecule has 6 heteroatoms. The Hall–Kier alpha value is -1.01. The molecule has 0 saturated carbocycles. The highest BCUT2D eigenvalue weighted by molar-refractivity contribution is 7.90. The van der Waals surface area contributed by atoms with E-state index in [0.717, 1.165) is 18.4 Å². The number of benzene rings is 1. The maximum atomic E-state index is 14.0. The third-order valence-electron chi connectivity index (χ3n) is 2.54. The second kappa shape index (κ2) is 4.34. The van der Waals surface area contributed by atoms with E-state index in [1.54, 1.807) is 0 Å². The quantitative estimate of drug-likeness (QED) is 0.903. The van der Waals surface area contributed by atoms with Gasteiger partial charge in [-0.25, -0.2) is 17.2 Å². The van der Waals surface area contributed by atoms with Gasteiger partial charge in [-0.15, -0.1) is 0 Å². The van der Waals surface area contributed by atoms with Crippen LogP contribution in [-0.2, 0) is 15.3 Å². The number of hydrogen-bond acceptors (Lipinski definition) is 3. The summed E-state index contributed by atoms with van der Waals surface area (Å²) >= 11 is 0. The molecule has 0 unspecified atom stereocenters. The Balaban J connectivity index is 3.62. The van der Waals surface area contributed by atoms with E-state index in [-0.39, 0.29) is 12.2 Å². The van der Waals surface area contributed by atoms with Crippen molar-refractivity contribution in [3.8, 4) is 0 Å². The smallest absolute Gasteiger partial charge is 0.181 e. The fourth-order valence-corrected chi connectivity index (χ4v) is 2.34. The van der Waals surface area contributed by atoms with Crippen molar-refractivity contribution in [2.75, 3.05) is 12.9 Å². The molecule has 1 aromatic carbocycles. The van der Waals surface area contributed by atoms with Crippen molar-refractivity contribution in [3.63, 3.8) is 0 Å². The highest BCUT2D eigenvalue weighted by Crippen LogP contribution is 2.30. The van der Waals surface area contributed by atoms with Gasteiger partial charge in [0.15, 0.2) is 9.84 Å². The summed E-state index contributed by atoms with van der Waals surface area (Å²) in [6.07, 6.45) is 0.740. The summed E-state index contributed by atoms with van der Waals surface area (Å²) in [5, 5.41) is 9.13. The molecule has 0 bridgehead atoms. The molecule has 0 spiro atoms. The predicted octanol–water partition coefficient (Wildman–Crippen LogP) is 1.64. The van der Waals surface area contributed by atoms with Crippen molar-refractivity contribution in [2.45, 2.75) is 24.2 Å². The van der Waals surface area contributed by atoms with E-state index in [0.29, 0.717) is 0 Å². The highest BCUT2D eigenvalue weighted by atomic mass is 32.2. The van der Waals surface area contributed by atoms with Crippen LogP contribution in [0.4, 0.5) is 8.78 Å². The summed E-state index contributed by atoms with van der Waals surface area (Å²) < 4.78 is 49.9. The first-order valence-corrected chi connectivity index (χ1v) is 6.80. The minimum atomic E-state index is -3.99. The molecule has 96 valence electrons. The average Bonchev–Trinajstić information content (AvgIpc) is 2.15. The lowest BCUT2D eigenvalue weighted by atomic mass is 9.85. The third kappa shape index (κ3) is 2.63. The summed E-state index contributed by atoms with van der Waals surface area (Å²) in [6.45, 7) is 2.70. The van der Waals surface area contributed by atoms with E-state index in [9.17, 15) is 17.2 Å². The van der Waals surface area contributed by atoms with Crippen molar-refractivity contribution in [1.29, 1.82) is 0 Å². The van der Waals surface area contributed by atoms with E-state index in [1.807, 2.05) is 0 Å². The zero-order valence-corrected chi connectivity index (χ0v) is 10.6. The van der Waals surface area contributed by atoms with Crippen LogP contribution in [0.5, 0.6) is 0 Å². The molecule has 0 aliphatic carbocycles. The molecule has 1 aromatic rings. The maximum absolute atomic E-state index is 14.0. The highest BCUT2D eigenvalue weighted by Gasteiger charge is 2.29. The number of aliphatic hydroxyl groups excluding tert-OH is 1. The van der Waals surface area contributed by atoms with E-state index >= 15 is 0 Å². The molecule has 1 rings (SSSR count). The summed E-state index contributed by atoms with van der Waals surface area (Å²) in [5.74, 6) is -2.26. The molecule has 1 N–H and O–H groups in total. The molecule has 0 aromatic heterocycles. The summed E-state index contributed by atoms with van der Waals surface area (Å²) in [5.41, 5.74) is -1.00. The SMILES string of the molecule is CC(C)(CO)c1ccc(F)c(S(C)(=O)=O)c1F. The molecule has 0 atom stereocenters. The Morgan fingerprint density at radius 3 is 2.24 bits per heavy atom. The molecule has 0 saturated heterocycles. The standard InChI is InChI=1S/C11H14F2O3S/c1-11(2,6-14)7-4-5-8(12)10(9(7)13)17(3,15)16/h4-5,14H,6H2,1-3H3. The fraction of sp³-hybridized carbons (Fsp3) is 0.455. The van der Waals surface area contributed by atoms with Crippen molar-refractivity contribution < 1.29 is 22.3 Å². The Morgan fingerprint density at radius 1 is 1.29 bits per heavy atom. The molecule has 17 heavy (non-hydrogen) atoms. The molecule has 0 aliphatic heterocycles. The summed E-state index contributed by atoms with van der Waals surface area (Å²) in [4.78, 5) is -0.948. The van der Waals surface area contributed by atoms with Gasteiger partial charge in [0.2, 0.25) is 0 Å². The van der Waals surface area contributed by atoms with Gasteiger partial charge >= 0.3 is 0 Å². The lowest BCUT2D eigenvalue weighted by molar-refractivity contribution is 0.214. The van der Waals surface area contributed by atoms with Crippen LogP contribution >= 0.6 is 0 Å². The Kier molecular flexibility index (Phi) is 3.59. The number of rotatable bonds is 3. The van der Waals surface area contributed by atoms with Gasteiger partial charge in [0.1, 0.15) is 16.5 Å². The van der Waals surface area contributed by atoms with Crippen LogP contribution in [0.2, 0.25) is 0 Å². The molecule has 0 heterocycles. The van der Waals surface area contributed by atoms with Crippen LogP contribution < -0.4 is 0 Å². The van der Waals surface area contributed by atoms with Crippen LogP contribution in [0.15, 0.2) is 17.0 Å². The first-order chi connectivity index (χ1) is 7.61. The molecular weight excluding hydrogens is 250 g/mol. The van der Waals surface area contributed by atoms with Crippen LogP contribution in [0.25, 0.3) is 0 Å². The van der Waals surface area contributed by atoms with Crippen LogP contribution in [0.3, 0.4) is 0 Å².